The first kappa shape index (κ1) is 18.2. The van der Waals surface area contributed by atoms with E-state index in [0.717, 1.165) is 39.7 Å². The van der Waals surface area contributed by atoms with E-state index in [4.69, 9.17) is 4.74 Å². The van der Waals surface area contributed by atoms with Crippen LogP contribution in [0, 0.1) is 0 Å². The van der Waals surface area contributed by atoms with Crippen LogP contribution in [-0.4, -0.2) is 41.8 Å². The van der Waals surface area contributed by atoms with Crippen molar-refractivity contribution in [3.05, 3.63) is 18.2 Å². The molecule has 1 saturated heterocycles. The van der Waals surface area contributed by atoms with Gasteiger partial charge in [-0.25, -0.2) is 4.98 Å². The van der Waals surface area contributed by atoms with E-state index >= 15 is 0 Å². The van der Waals surface area contributed by atoms with Crippen LogP contribution in [0.2, 0.25) is 0 Å². The summed E-state index contributed by atoms with van der Waals surface area (Å²) in [6.45, 7) is 3.20. The minimum Gasteiger partial charge on any atom is -0.376 e. The summed E-state index contributed by atoms with van der Waals surface area (Å²) in [6, 6.07) is 5.65. The van der Waals surface area contributed by atoms with Crippen LogP contribution in [0.4, 0.5) is 5.69 Å². The molecule has 1 aliphatic rings. The molecule has 2 amide bonds. The first-order chi connectivity index (χ1) is 12.1. The average molecular weight is 380 g/mol. The van der Waals surface area contributed by atoms with Gasteiger partial charge in [0.2, 0.25) is 11.8 Å². The second-order valence-corrected chi connectivity index (χ2v) is 8.04. The molecule has 1 aromatic carbocycles. The van der Waals surface area contributed by atoms with Crippen molar-refractivity contribution in [3.8, 4) is 0 Å². The molecule has 2 N–H and O–H groups in total. The molecule has 8 heteroatoms. The number of fused-ring (bicyclic) bond motifs is 1. The summed E-state index contributed by atoms with van der Waals surface area (Å²) in [6.07, 6.45) is 2.69. The molecular weight excluding hydrogens is 358 g/mol. The second kappa shape index (κ2) is 8.64. The molecule has 0 radical (unpaired) electrons. The van der Waals surface area contributed by atoms with Gasteiger partial charge in [0.05, 0.1) is 22.1 Å². The molecule has 1 aromatic heterocycles. The largest absolute Gasteiger partial charge is 0.376 e. The monoisotopic (exact) mass is 379 g/mol. The minimum absolute atomic E-state index is 0.00402. The highest BCUT2D eigenvalue weighted by atomic mass is 32.2. The number of carbonyl (C=O) groups excluding carboxylic acids is 2. The number of thiazole rings is 1. The van der Waals surface area contributed by atoms with E-state index in [1.807, 2.05) is 25.1 Å². The summed E-state index contributed by atoms with van der Waals surface area (Å²) in [5.74, 6) is 0.323. The highest BCUT2D eigenvalue weighted by Gasteiger charge is 2.16. The van der Waals surface area contributed by atoms with Gasteiger partial charge in [-0.2, -0.15) is 0 Å². The Morgan fingerprint density at radius 2 is 2.28 bits per heavy atom. The number of carbonyl (C=O) groups is 2. The molecule has 1 fully saturated rings. The van der Waals surface area contributed by atoms with E-state index in [2.05, 4.69) is 15.6 Å². The molecule has 2 heterocycles. The molecule has 1 atom stereocenters. The first-order valence-corrected chi connectivity index (χ1v) is 10.2. The molecule has 0 spiro atoms. The van der Waals surface area contributed by atoms with Crippen LogP contribution >= 0.6 is 23.1 Å². The highest BCUT2D eigenvalue weighted by molar-refractivity contribution is 8.01. The Labute approximate surface area is 154 Å². The smallest absolute Gasteiger partial charge is 0.230 e. The zero-order valence-electron chi connectivity index (χ0n) is 14.0. The summed E-state index contributed by atoms with van der Waals surface area (Å²) in [5, 5.41) is 5.75. The number of ether oxygens (including phenoxy) is 1. The van der Waals surface area contributed by atoms with Gasteiger partial charge >= 0.3 is 0 Å². The van der Waals surface area contributed by atoms with Gasteiger partial charge in [0, 0.05) is 25.3 Å². The Hall–Kier alpha value is -1.64. The molecule has 25 heavy (non-hydrogen) atoms. The third-order valence-corrected chi connectivity index (χ3v) is 6.01. The fourth-order valence-electron chi connectivity index (χ4n) is 2.50. The van der Waals surface area contributed by atoms with Gasteiger partial charge in [0.15, 0.2) is 4.34 Å². The standard InChI is InChI=1S/C17H21N3O3S2/c1-2-15(21)19-11-5-6-13-14(8-11)25-17(20-13)24-10-16(22)18-9-12-4-3-7-23-12/h5-6,8,12H,2-4,7,9-10H2,1H3,(H,18,22)(H,19,21)/t12-/m0/s1. The van der Waals surface area contributed by atoms with Crippen molar-refractivity contribution >= 4 is 50.8 Å². The summed E-state index contributed by atoms with van der Waals surface area (Å²) >= 11 is 2.96. The Balaban J connectivity index is 1.52. The zero-order chi connectivity index (χ0) is 17.6. The lowest BCUT2D eigenvalue weighted by Gasteiger charge is -2.09. The van der Waals surface area contributed by atoms with Crippen molar-refractivity contribution in [2.75, 3.05) is 24.2 Å². The SMILES string of the molecule is CCC(=O)Nc1ccc2nc(SCC(=O)NC[C@@H]3CCCO3)sc2c1. The van der Waals surface area contributed by atoms with Crippen molar-refractivity contribution in [2.24, 2.45) is 0 Å². The third-order valence-electron chi connectivity index (χ3n) is 3.85. The quantitative estimate of drug-likeness (QED) is 0.723. The number of amides is 2. The summed E-state index contributed by atoms with van der Waals surface area (Å²) in [4.78, 5) is 27.9. The fourth-order valence-corrected chi connectivity index (χ4v) is 4.44. The number of benzene rings is 1. The lowest BCUT2D eigenvalue weighted by molar-refractivity contribution is -0.119. The van der Waals surface area contributed by atoms with Crippen LogP contribution in [-0.2, 0) is 14.3 Å². The van der Waals surface area contributed by atoms with E-state index in [-0.39, 0.29) is 17.9 Å². The molecule has 0 saturated carbocycles. The molecule has 0 bridgehead atoms. The van der Waals surface area contributed by atoms with Crippen molar-refractivity contribution in [1.29, 1.82) is 0 Å². The van der Waals surface area contributed by atoms with Crippen LogP contribution in [0.15, 0.2) is 22.5 Å². The van der Waals surface area contributed by atoms with E-state index in [0.29, 0.717) is 18.7 Å². The van der Waals surface area contributed by atoms with Crippen LogP contribution in [0.5, 0.6) is 0 Å². The summed E-state index contributed by atoms with van der Waals surface area (Å²) in [5.41, 5.74) is 1.65. The average Bonchev–Trinajstić information content (AvgIpc) is 3.26. The minimum atomic E-state index is -0.0126. The number of hydrogen-bond acceptors (Lipinski definition) is 6. The van der Waals surface area contributed by atoms with Gasteiger partial charge in [-0.3, -0.25) is 9.59 Å². The predicted molar refractivity (Wildman–Crippen MR) is 101 cm³/mol. The fraction of sp³-hybridized carbons (Fsp3) is 0.471. The molecule has 134 valence electrons. The van der Waals surface area contributed by atoms with Crippen molar-refractivity contribution in [3.63, 3.8) is 0 Å². The molecular formula is C17H21N3O3S2. The van der Waals surface area contributed by atoms with Crippen molar-refractivity contribution in [2.45, 2.75) is 36.6 Å². The maximum absolute atomic E-state index is 11.9. The van der Waals surface area contributed by atoms with E-state index in [9.17, 15) is 9.59 Å². The van der Waals surface area contributed by atoms with Crippen LogP contribution < -0.4 is 10.6 Å². The molecule has 6 nitrogen and oxygen atoms in total. The second-order valence-electron chi connectivity index (χ2n) is 5.79. The van der Waals surface area contributed by atoms with E-state index in [1.165, 1.54) is 23.1 Å². The van der Waals surface area contributed by atoms with Gasteiger partial charge in [-0.05, 0) is 31.0 Å². The Bertz CT molecular complexity index is 757. The third kappa shape index (κ3) is 5.17. The maximum Gasteiger partial charge on any atom is 0.230 e. The van der Waals surface area contributed by atoms with E-state index < -0.39 is 0 Å². The predicted octanol–water partition coefficient (Wildman–Crippen LogP) is 3.03. The van der Waals surface area contributed by atoms with Crippen molar-refractivity contribution < 1.29 is 14.3 Å². The number of aromatic nitrogens is 1. The molecule has 1 aliphatic heterocycles. The number of anilines is 1. The maximum atomic E-state index is 11.9. The normalized spacial score (nSPS) is 16.9. The molecule has 3 rings (SSSR count). The Morgan fingerprint density at radius 3 is 3.04 bits per heavy atom. The van der Waals surface area contributed by atoms with Gasteiger partial charge in [-0.1, -0.05) is 18.7 Å². The number of thioether (sulfide) groups is 1. The number of nitrogens with one attached hydrogen (secondary N) is 2. The molecule has 0 unspecified atom stereocenters. The summed E-state index contributed by atoms with van der Waals surface area (Å²) in [7, 11) is 0. The van der Waals surface area contributed by atoms with E-state index in [1.54, 1.807) is 0 Å². The molecule has 2 aromatic rings. The van der Waals surface area contributed by atoms with Crippen LogP contribution in [0.1, 0.15) is 26.2 Å². The summed E-state index contributed by atoms with van der Waals surface area (Å²) < 4.78 is 7.34. The van der Waals surface area contributed by atoms with Gasteiger partial charge in [-0.15, -0.1) is 11.3 Å². The van der Waals surface area contributed by atoms with Gasteiger partial charge in [0.1, 0.15) is 0 Å². The van der Waals surface area contributed by atoms with Crippen molar-refractivity contribution in [1.82, 2.24) is 10.3 Å². The highest BCUT2D eigenvalue weighted by Crippen LogP contribution is 2.31. The lowest BCUT2D eigenvalue weighted by Crippen LogP contribution is -2.32. The van der Waals surface area contributed by atoms with Gasteiger partial charge < -0.3 is 15.4 Å². The van der Waals surface area contributed by atoms with Crippen LogP contribution in [0.25, 0.3) is 10.2 Å². The molecule has 0 aliphatic carbocycles. The lowest BCUT2D eigenvalue weighted by atomic mass is 10.2. The number of hydrogen-bond donors (Lipinski definition) is 2. The number of nitrogens with zero attached hydrogens (tertiary/aromatic N) is 1. The Kier molecular flexibility index (Phi) is 6.28. The topological polar surface area (TPSA) is 80.3 Å². The number of rotatable bonds is 7. The van der Waals surface area contributed by atoms with Crippen LogP contribution in [0.3, 0.4) is 0 Å². The zero-order valence-corrected chi connectivity index (χ0v) is 15.7. The van der Waals surface area contributed by atoms with Gasteiger partial charge in [0.25, 0.3) is 0 Å². The first-order valence-electron chi connectivity index (χ1n) is 8.35. The Morgan fingerprint density at radius 1 is 1.40 bits per heavy atom.